The lowest BCUT2D eigenvalue weighted by Gasteiger charge is -2.27. The average Bonchev–Trinajstić information content (AvgIpc) is 3.36. The molecule has 6 nitrogen and oxygen atoms in total. The van der Waals surface area contributed by atoms with Gasteiger partial charge in [0.05, 0.1) is 35.4 Å². The van der Waals surface area contributed by atoms with Crippen molar-refractivity contribution in [3.8, 4) is 0 Å². The predicted octanol–water partition coefficient (Wildman–Crippen LogP) is 2.36. The third-order valence-corrected chi connectivity index (χ3v) is 7.59. The quantitative estimate of drug-likeness (QED) is 0.679. The maximum absolute atomic E-state index is 13.5. The predicted molar refractivity (Wildman–Crippen MR) is 107 cm³/mol. The highest BCUT2D eigenvalue weighted by Crippen LogP contribution is 2.54. The van der Waals surface area contributed by atoms with Gasteiger partial charge < -0.3 is 4.74 Å². The minimum atomic E-state index is -3.94. The van der Waals surface area contributed by atoms with Crippen molar-refractivity contribution in [2.45, 2.75) is 37.2 Å². The Bertz CT molecular complexity index is 1030. The third-order valence-electron chi connectivity index (χ3n) is 5.67. The van der Waals surface area contributed by atoms with Gasteiger partial charge in [-0.3, -0.25) is 9.59 Å². The van der Waals surface area contributed by atoms with Crippen molar-refractivity contribution in [3.63, 3.8) is 0 Å². The van der Waals surface area contributed by atoms with Gasteiger partial charge in [0.15, 0.2) is 5.78 Å². The minimum absolute atomic E-state index is 0.129. The van der Waals surface area contributed by atoms with Gasteiger partial charge in [0.25, 0.3) is 0 Å². The first-order chi connectivity index (χ1) is 13.9. The molecule has 2 fully saturated rings. The van der Waals surface area contributed by atoms with E-state index >= 15 is 0 Å². The average molecular weight is 413 g/mol. The van der Waals surface area contributed by atoms with Crippen LogP contribution in [0.15, 0.2) is 59.5 Å². The molecule has 1 saturated carbocycles. The maximum atomic E-state index is 13.5. The van der Waals surface area contributed by atoms with Gasteiger partial charge in [-0.1, -0.05) is 48.0 Å². The second kappa shape index (κ2) is 7.39. The number of aryl methyl sites for hydroxylation is 1. The summed E-state index contributed by atoms with van der Waals surface area (Å²) in [5, 5.41) is 0. The van der Waals surface area contributed by atoms with Crippen molar-refractivity contribution in [2.75, 3.05) is 6.61 Å². The fourth-order valence-corrected chi connectivity index (χ4v) is 6.04. The van der Waals surface area contributed by atoms with Crippen molar-refractivity contribution in [2.24, 2.45) is 11.8 Å². The van der Waals surface area contributed by atoms with E-state index in [9.17, 15) is 18.0 Å². The Morgan fingerprint density at radius 1 is 1.07 bits per heavy atom. The molecule has 1 saturated heterocycles. The number of benzene rings is 2. The molecule has 1 aliphatic heterocycles. The molecular formula is C22H23NO5S. The van der Waals surface area contributed by atoms with Gasteiger partial charge in [-0.15, -0.1) is 0 Å². The van der Waals surface area contributed by atoms with Gasteiger partial charge in [-0.05, 0) is 38.0 Å². The molecule has 0 aromatic heterocycles. The van der Waals surface area contributed by atoms with E-state index in [2.05, 4.69) is 0 Å². The van der Waals surface area contributed by atoms with E-state index in [-0.39, 0.29) is 23.7 Å². The fourth-order valence-electron chi connectivity index (χ4n) is 4.22. The first-order valence-electron chi connectivity index (χ1n) is 9.70. The highest BCUT2D eigenvalue weighted by atomic mass is 32.2. The Labute approximate surface area is 170 Å². The number of ketones is 1. The third kappa shape index (κ3) is 3.38. The lowest BCUT2D eigenvalue weighted by Crippen LogP contribution is -2.45. The van der Waals surface area contributed by atoms with E-state index in [1.54, 1.807) is 31.2 Å². The van der Waals surface area contributed by atoms with E-state index in [0.717, 1.165) is 11.1 Å². The Balaban J connectivity index is 1.71. The second-order valence-electron chi connectivity index (χ2n) is 7.55. The summed E-state index contributed by atoms with van der Waals surface area (Å²) in [6.07, 6.45) is 0.285. The Morgan fingerprint density at radius 2 is 1.72 bits per heavy atom. The van der Waals surface area contributed by atoms with Crippen molar-refractivity contribution in [1.29, 1.82) is 0 Å². The molecule has 29 heavy (non-hydrogen) atoms. The summed E-state index contributed by atoms with van der Waals surface area (Å²) in [5.41, 5.74) is 1.82. The van der Waals surface area contributed by atoms with Crippen LogP contribution in [-0.2, 0) is 30.8 Å². The number of carbonyl (C=O) groups is 2. The number of esters is 1. The van der Waals surface area contributed by atoms with Gasteiger partial charge in [-0.2, -0.15) is 4.31 Å². The van der Waals surface area contributed by atoms with Gasteiger partial charge in [0.1, 0.15) is 0 Å². The van der Waals surface area contributed by atoms with E-state index in [1.807, 2.05) is 37.3 Å². The van der Waals surface area contributed by atoms with Gasteiger partial charge >= 0.3 is 5.97 Å². The summed E-state index contributed by atoms with van der Waals surface area (Å²) in [6, 6.07) is 14.4. The molecule has 0 spiro atoms. The molecular weight excluding hydrogens is 390 g/mol. The van der Waals surface area contributed by atoms with Crippen LogP contribution in [0.2, 0.25) is 0 Å². The van der Waals surface area contributed by atoms with Gasteiger partial charge in [0, 0.05) is 0 Å². The van der Waals surface area contributed by atoms with Gasteiger partial charge in [-0.25, -0.2) is 8.42 Å². The van der Waals surface area contributed by atoms with E-state index < -0.39 is 39.9 Å². The van der Waals surface area contributed by atoms with Crippen LogP contribution in [0.5, 0.6) is 0 Å². The number of fused-ring (bicyclic) bond motifs is 1. The van der Waals surface area contributed by atoms with E-state index in [4.69, 9.17) is 4.74 Å². The summed E-state index contributed by atoms with van der Waals surface area (Å²) in [6.45, 7) is 3.76. The van der Waals surface area contributed by atoms with Gasteiger partial charge in [0.2, 0.25) is 10.0 Å². The molecule has 2 aliphatic rings. The fraction of sp³-hybridized carbons (Fsp3) is 0.364. The number of piperidine rings is 1. The number of rotatable bonds is 6. The van der Waals surface area contributed by atoms with Crippen LogP contribution in [0.4, 0.5) is 0 Å². The molecule has 7 heteroatoms. The monoisotopic (exact) mass is 413 g/mol. The standard InChI is InChI=1S/C22H23NO5S/c1-3-28-22(25)19-18-20(19)23(29(26,27)16-11-9-14(2)10-12-16)17(21(18)24)13-15-7-5-4-6-8-15/h4-12,17-20H,3,13H2,1-2H3/t17-,18-,19-,20-/m0/s1. The SMILES string of the molecule is CCOC(=O)[C@H]1[C@@H]2C(=O)[C@H](Cc3ccccc3)N(S(=O)(=O)c3ccc(C)cc3)[C@H]12. The van der Waals surface area contributed by atoms with Crippen LogP contribution in [-0.4, -0.2) is 43.2 Å². The van der Waals surface area contributed by atoms with Crippen molar-refractivity contribution >= 4 is 21.8 Å². The van der Waals surface area contributed by atoms with Crippen LogP contribution in [0, 0.1) is 18.8 Å². The minimum Gasteiger partial charge on any atom is -0.466 e. The van der Waals surface area contributed by atoms with Crippen LogP contribution in [0.1, 0.15) is 18.1 Å². The summed E-state index contributed by atoms with van der Waals surface area (Å²) < 4.78 is 33.3. The summed E-state index contributed by atoms with van der Waals surface area (Å²) in [7, 11) is -3.94. The first-order valence-corrected chi connectivity index (χ1v) is 11.1. The Hall–Kier alpha value is -2.51. The molecule has 2 aromatic carbocycles. The zero-order valence-electron chi connectivity index (χ0n) is 16.3. The number of hydrogen-bond acceptors (Lipinski definition) is 5. The number of sulfonamides is 1. The highest BCUT2D eigenvalue weighted by Gasteiger charge is 2.72. The number of nitrogens with zero attached hydrogens (tertiary/aromatic N) is 1. The Morgan fingerprint density at radius 3 is 2.34 bits per heavy atom. The molecule has 0 bridgehead atoms. The van der Waals surface area contributed by atoms with Crippen molar-refractivity contribution < 1.29 is 22.7 Å². The Kier molecular flexibility index (Phi) is 5.04. The maximum Gasteiger partial charge on any atom is 0.311 e. The molecule has 4 atom stereocenters. The van der Waals surface area contributed by atoms with Crippen LogP contribution in [0.25, 0.3) is 0 Å². The molecule has 152 valence electrons. The molecule has 0 radical (unpaired) electrons. The normalized spacial score (nSPS) is 26.2. The summed E-state index contributed by atoms with van der Waals surface area (Å²) >= 11 is 0. The molecule has 0 N–H and O–H groups in total. The molecule has 0 unspecified atom stereocenters. The highest BCUT2D eigenvalue weighted by molar-refractivity contribution is 7.89. The molecule has 1 heterocycles. The smallest absolute Gasteiger partial charge is 0.311 e. The largest absolute Gasteiger partial charge is 0.466 e. The number of hydrogen-bond donors (Lipinski definition) is 0. The number of Topliss-reactive ketones (excluding diaryl/α,β-unsaturated/α-hetero) is 1. The number of ether oxygens (including phenoxy) is 1. The van der Waals surface area contributed by atoms with Crippen LogP contribution in [0.3, 0.4) is 0 Å². The van der Waals surface area contributed by atoms with Crippen LogP contribution >= 0.6 is 0 Å². The van der Waals surface area contributed by atoms with Crippen molar-refractivity contribution in [3.05, 3.63) is 65.7 Å². The molecule has 2 aromatic rings. The molecule has 4 rings (SSSR count). The second-order valence-corrected chi connectivity index (χ2v) is 9.39. The molecule has 0 amide bonds. The zero-order valence-corrected chi connectivity index (χ0v) is 17.1. The summed E-state index contributed by atoms with van der Waals surface area (Å²) in [5.74, 6) is -2.04. The van der Waals surface area contributed by atoms with Crippen molar-refractivity contribution in [1.82, 2.24) is 4.31 Å². The number of carbonyl (C=O) groups excluding carboxylic acids is 2. The zero-order chi connectivity index (χ0) is 20.8. The molecule has 1 aliphatic carbocycles. The van der Waals surface area contributed by atoms with E-state index in [0.29, 0.717) is 0 Å². The lowest BCUT2D eigenvalue weighted by molar-refractivity contribution is -0.147. The topological polar surface area (TPSA) is 80.8 Å². The lowest BCUT2D eigenvalue weighted by atomic mass is 10.0. The van der Waals surface area contributed by atoms with Crippen LogP contribution < -0.4 is 0 Å². The summed E-state index contributed by atoms with van der Waals surface area (Å²) in [4.78, 5) is 25.5. The van der Waals surface area contributed by atoms with E-state index in [1.165, 1.54) is 4.31 Å². The first kappa shape index (κ1) is 19.8.